The standard InChI is InChI=1S/C18H29N3O3.ClH/c1-6-19-13(4)11-20-18(23)16(12(2)3)21-17(22)14-9-7-8-10-15(14)24-5;/h7-10,12-13,16,19H,6,11H2,1-5H3,(H,20,23)(H,21,22);1H/t13-,16?;/m1./s1. The molecule has 0 aliphatic rings. The molecule has 1 rings (SSSR count). The van der Waals surface area contributed by atoms with Crippen LogP contribution in [0.3, 0.4) is 0 Å². The molecular weight excluding hydrogens is 342 g/mol. The molecule has 0 saturated carbocycles. The topological polar surface area (TPSA) is 79.5 Å². The van der Waals surface area contributed by atoms with Crippen molar-refractivity contribution >= 4 is 24.2 Å². The van der Waals surface area contributed by atoms with E-state index >= 15 is 0 Å². The summed E-state index contributed by atoms with van der Waals surface area (Å²) >= 11 is 0. The summed E-state index contributed by atoms with van der Waals surface area (Å²) in [6, 6.07) is 6.53. The van der Waals surface area contributed by atoms with Gasteiger partial charge in [-0.2, -0.15) is 0 Å². The van der Waals surface area contributed by atoms with Gasteiger partial charge in [-0.15, -0.1) is 12.4 Å². The molecule has 0 aliphatic carbocycles. The lowest BCUT2D eigenvalue weighted by molar-refractivity contribution is -0.124. The van der Waals surface area contributed by atoms with Crippen LogP contribution in [0, 0.1) is 5.92 Å². The van der Waals surface area contributed by atoms with Crippen LogP contribution in [0.1, 0.15) is 38.1 Å². The Hall–Kier alpha value is -1.79. The van der Waals surface area contributed by atoms with E-state index in [4.69, 9.17) is 4.74 Å². The number of nitrogens with one attached hydrogen (secondary N) is 3. The minimum atomic E-state index is -0.601. The molecule has 0 radical (unpaired) electrons. The molecule has 6 nitrogen and oxygen atoms in total. The highest BCUT2D eigenvalue weighted by Crippen LogP contribution is 2.17. The lowest BCUT2D eigenvalue weighted by Crippen LogP contribution is -2.51. The van der Waals surface area contributed by atoms with Gasteiger partial charge in [-0.1, -0.05) is 32.9 Å². The van der Waals surface area contributed by atoms with Gasteiger partial charge >= 0.3 is 0 Å². The largest absolute Gasteiger partial charge is 0.496 e. The Bertz CT molecular complexity index is 552. The summed E-state index contributed by atoms with van der Waals surface area (Å²) < 4.78 is 5.21. The first kappa shape index (κ1) is 23.2. The van der Waals surface area contributed by atoms with Gasteiger partial charge in [0.2, 0.25) is 5.91 Å². The molecule has 25 heavy (non-hydrogen) atoms. The van der Waals surface area contributed by atoms with Crippen LogP contribution in [-0.4, -0.2) is 44.1 Å². The normalized spacial score (nSPS) is 12.7. The first-order valence-electron chi connectivity index (χ1n) is 8.35. The third kappa shape index (κ3) is 7.32. The van der Waals surface area contributed by atoms with Gasteiger partial charge in [-0.25, -0.2) is 0 Å². The lowest BCUT2D eigenvalue weighted by atomic mass is 10.0. The SMILES string of the molecule is CCN[C@H](C)CNC(=O)C(NC(=O)c1ccccc1OC)C(C)C.Cl. The number of carbonyl (C=O) groups is 2. The van der Waals surface area contributed by atoms with E-state index in [9.17, 15) is 9.59 Å². The Labute approximate surface area is 156 Å². The van der Waals surface area contributed by atoms with E-state index in [-0.39, 0.29) is 36.2 Å². The van der Waals surface area contributed by atoms with Crippen LogP contribution in [0.5, 0.6) is 5.75 Å². The number of hydrogen-bond acceptors (Lipinski definition) is 4. The molecule has 1 aromatic rings. The number of amides is 2. The number of rotatable bonds is 9. The first-order chi connectivity index (χ1) is 11.4. The Morgan fingerprint density at radius 1 is 1.16 bits per heavy atom. The molecule has 0 bridgehead atoms. The van der Waals surface area contributed by atoms with Crippen LogP contribution >= 0.6 is 12.4 Å². The Kier molecular flexibility index (Phi) is 10.9. The third-order valence-corrected chi connectivity index (χ3v) is 3.72. The average Bonchev–Trinajstić information content (AvgIpc) is 2.57. The molecule has 0 aromatic heterocycles. The van der Waals surface area contributed by atoms with Gasteiger partial charge in [0.05, 0.1) is 12.7 Å². The van der Waals surface area contributed by atoms with Crippen molar-refractivity contribution in [2.24, 2.45) is 5.92 Å². The predicted octanol–water partition coefficient (Wildman–Crippen LogP) is 1.99. The van der Waals surface area contributed by atoms with Gasteiger partial charge in [0.25, 0.3) is 5.91 Å². The fourth-order valence-corrected chi connectivity index (χ4v) is 2.37. The Balaban J connectivity index is 0.00000576. The fraction of sp³-hybridized carbons (Fsp3) is 0.556. The van der Waals surface area contributed by atoms with Gasteiger partial charge in [0.1, 0.15) is 11.8 Å². The van der Waals surface area contributed by atoms with E-state index < -0.39 is 6.04 Å². The molecule has 0 aliphatic heterocycles. The van der Waals surface area contributed by atoms with Crippen molar-refractivity contribution in [3.8, 4) is 5.75 Å². The minimum absolute atomic E-state index is 0. The number of methoxy groups -OCH3 is 1. The van der Waals surface area contributed by atoms with E-state index in [1.165, 1.54) is 7.11 Å². The summed E-state index contributed by atoms with van der Waals surface area (Å²) in [5.74, 6) is -0.0455. The molecule has 2 atom stereocenters. The van der Waals surface area contributed by atoms with Crippen molar-refractivity contribution in [2.75, 3.05) is 20.2 Å². The maximum atomic E-state index is 12.5. The Morgan fingerprint density at radius 3 is 2.36 bits per heavy atom. The smallest absolute Gasteiger partial charge is 0.255 e. The zero-order valence-electron chi connectivity index (χ0n) is 15.6. The molecule has 142 valence electrons. The van der Waals surface area contributed by atoms with Gasteiger partial charge in [0.15, 0.2) is 0 Å². The second-order valence-electron chi connectivity index (χ2n) is 6.10. The van der Waals surface area contributed by atoms with Crippen molar-refractivity contribution in [1.29, 1.82) is 0 Å². The van der Waals surface area contributed by atoms with E-state index in [2.05, 4.69) is 16.0 Å². The van der Waals surface area contributed by atoms with Crippen LogP contribution < -0.4 is 20.7 Å². The fourth-order valence-electron chi connectivity index (χ4n) is 2.37. The van der Waals surface area contributed by atoms with Crippen LogP contribution in [-0.2, 0) is 4.79 Å². The van der Waals surface area contributed by atoms with Crippen LogP contribution in [0.15, 0.2) is 24.3 Å². The number of carbonyl (C=O) groups excluding carboxylic acids is 2. The molecule has 0 fully saturated rings. The quantitative estimate of drug-likeness (QED) is 0.620. The molecule has 0 saturated heterocycles. The number of likely N-dealkylation sites (N-methyl/N-ethyl adjacent to an activating group) is 1. The lowest BCUT2D eigenvalue weighted by Gasteiger charge is -2.23. The molecular formula is C18H30ClN3O3. The van der Waals surface area contributed by atoms with Crippen LogP contribution in [0.4, 0.5) is 0 Å². The van der Waals surface area contributed by atoms with Crippen LogP contribution in [0.2, 0.25) is 0 Å². The highest BCUT2D eigenvalue weighted by atomic mass is 35.5. The molecule has 0 heterocycles. The molecule has 3 N–H and O–H groups in total. The van der Waals surface area contributed by atoms with Crippen molar-refractivity contribution < 1.29 is 14.3 Å². The van der Waals surface area contributed by atoms with E-state index in [0.29, 0.717) is 17.9 Å². The maximum Gasteiger partial charge on any atom is 0.255 e. The van der Waals surface area contributed by atoms with Crippen molar-refractivity contribution in [1.82, 2.24) is 16.0 Å². The number of para-hydroxylation sites is 1. The van der Waals surface area contributed by atoms with Crippen LogP contribution in [0.25, 0.3) is 0 Å². The van der Waals surface area contributed by atoms with Crippen molar-refractivity contribution in [3.63, 3.8) is 0 Å². The van der Waals surface area contributed by atoms with E-state index in [1.807, 2.05) is 27.7 Å². The van der Waals surface area contributed by atoms with E-state index in [0.717, 1.165) is 6.54 Å². The number of ether oxygens (including phenoxy) is 1. The first-order valence-corrected chi connectivity index (χ1v) is 8.35. The summed E-state index contributed by atoms with van der Waals surface area (Å²) in [5.41, 5.74) is 0.416. The second-order valence-corrected chi connectivity index (χ2v) is 6.10. The summed E-state index contributed by atoms with van der Waals surface area (Å²) in [6.07, 6.45) is 0. The summed E-state index contributed by atoms with van der Waals surface area (Å²) in [4.78, 5) is 24.9. The van der Waals surface area contributed by atoms with Crippen molar-refractivity contribution in [2.45, 2.75) is 39.8 Å². The molecule has 1 aromatic carbocycles. The monoisotopic (exact) mass is 371 g/mol. The van der Waals surface area contributed by atoms with Crippen molar-refractivity contribution in [3.05, 3.63) is 29.8 Å². The van der Waals surface area contributed by atoms with Gasteiger partial charge < -0.3 is 20.7 Å². The predicted molar refractivity (Wildman–Crippen MR) is 102 cm³/mol. The zero-order valence-corrected chi connectivity index (χ0v) is 16.4. The average molecular weight is 372 g/mol. The number of hydrogen-bond donors (Lipinski definition) is 3. The molecule has 0 spiro atoms. The molecule has 2 amide bonds. The summed E-state index contributed by atoms with van der Waals surface area (Å²) in [7, 11) is 1.51. The van der Waals surface area contributed by atoms with Gasteiger partial charge in [-0.05, 0) is 31.5 Å². The maximum absolute atomic E-state index is 12.5. The highest BCUT2D eigenvalue weighted by molar-refractivity contribution is 5.99. The zero-order chi connectivity index (χ0) is 18.1. The molecule has 1 unspecified atom stereocenters. The van der Waals surface area contributed by atoms with E-state index in [1.54, 1.807) is 24.3 Å². The second kappa shape index (κ2) is 11.7. The Morgan fingerprint density at radius 2 is 1.80 bits per heavy atom. The highest BCUT2D eigenvalue weighted by Gasteiger charge is 2.25. The van der Waals surface area contributed by atoms with Gasteiger partial charge in [-0.3, -0.25) is 9.59 Å². The molecule has 7 heteroatoms. The third-order valence-electron chi connectivity index (χ3n) is 3.72. The number of halogens is 1. The van der Waals surface area contributed by atoms with Gasteiger partial charge in [0, 0.05) is 12.6 Å². The summed E-state index contributed by atoms with van der Waals surface area (Å²) in [5, 5.41) is 8.93. The minimum Gasteiger partial charge on any atom is -0.496 e. The number of benzene rings is 1. The summed E-state index contributed by atoms with van der Waals surface area (Å²) in [6.45, 7) is 9.18.